The van der Waals surface area contributed by atoms with Crippen molar-refractivity contribution < 1.29 is 4.79 Å². The summed E-state index contributed by atoms with van der Waals surface area (Å²) < 4.78 is 0.930. The van der Waals surface area contributed by atoms with E-state index in [1.165, 1.54) is 0 Å². The summed E-state index contributed by atoms with van der Waals surface area (Å²) in [6.07, 6.45) is 0. The van der Waals surface area contributed by atoms with Gasteiger partial charge in [0.1, 0.15) is 0 Å². The van der Waals surface area contributed by atoms with Crippen LogP contribution >= 0.6 is 15.9 Å². The fourth-order valence-electron chi connectivity index (χ4n) is 2.87. The highest BCUT2D eigenvalue weighted by molar-refractivity contribution is 9.10. The number of amides is 1. The third-order valence-corrected chi connectivity index (χ3v) is 4.83. The number of benzene rings is 1. The fourth-order valence-corrected chi connectivity index (χ4v) is 3.27. The van der Waals surface area contributed by atoms with E-state index >= 15 is 0 Å². The highest BCUT2D eigenvalue weighted by Gasteiger charge is 2.25. The lowest BCUT2D eigenvalue weighted by molar-refractivity contribution is 0.0791. The molecule has 1 fully saturated rings. The van der Waals surface area contributed by atoms with E-state index in [4.69, 9.17) is 0 Å². The number of nitrogens with one attached hydrogen (secondary N) is 1. The quantitative estimate of drug-likeness (QED) is 0.867. The largest absolute Gasteiger partial charge is 0.350 e. The molecule has 0 spiro atoms. The van der Waals surface area contributed by atoms with E-state index in [0.29, 0.717) is 24.1 Å². The lowest BCUT2D eigenvalue weighted by Gasteiger charge is -2.39. The molecule has 0 aliphatic carbocycles. The molecule has 4 nitrogen and oxygen atoms in total. The van der Waals surface area contributed by atoms with E-state index in [-0.39, 0.29) is 5.91 Å². The molecule has 1 heterocycles. The van der Waals surface area contributed by atoms with Crippen LogP contribution in [0.4, 0.5) is 0 Å². The number of carbonyl (C=O) groups excluding carboxylic acids is 1. The van der Waals surface area contributed by atoms with Crippen LogP contribution in [0, 0.1) is 5.92 Å². The summed E-state index contributed by atoms with van der Waals surface area (Å²) in [6.45, 7) is 9.51. The maximum absolute atomic E-state index is 12.3. The second-order valence-corrected chi connectivity index (χ2v) is 7.29. The molecule has 122 valence electrons. The van der Waals surface area contributed by atoms with Crippen LogP contribution in [-0.4, -0.2) is 61.5 Å². The highest BCUT2D eigenvalue weighted by Crippen LogP contribution is 2.14. The SMILES string of the molecule is CC(C)C(CNC(=O)c1cccc(Br)c1)N1CCN(C)CC1. The van der Waals surface area contributed by atoms with E-state index in [2.05, 4.69) is 51.9 Å². The molecule has 1 saturated heterocycles. The van der Waals surface area contributed by atoms with E-state index in [0.717, 1.165) is 30.7 Å². The van der Waals surface area contributed by atoms with Crippen molar-refractivity contribution in [2.45, 2.75) is 19.9 Å². The number of halogens is 1. The van der Waals surface area contributed by atoms with Crippen molar-refractivity contribution in [3.63, 3.8) is 0 Å². The molecule has 1 N–H and O–H groups in total. The fraction of sp³-hybridized carbons (Fsp3) is 0.588. The molecule has 22 heavy (non-hydrogen) atoms. The summed E-state index contributed by atoms with van der Waals surface area (Å²) in [6, 6.07) is 7.91. The summed E-state index contributed by atoms with van der Waals surface area (Å²) in [7, 11) is 2.16. The van der Waals surface area contributed by atoms with Gasteiger partial charge in [-0.3, -0.25) is 9.69 Å². The first-order valence-electron chi connectivity index (χ1n) is 7.93. The van der Waals surface area contributed by atoms with Gasteiger partial charge >= 0.3 is 0 Å². The van der Waals surface area contributed by atoms with Crippen LogP contribution in [0.2, 0.25) is 0 Å². The number of hydrogen-bond acceptors (Lipinski definition) is 3. The van der Waals surface area contributed by atoms with Gasteiger partial charge in [0.25, 0.3) is 5.91 Å². The molecule has 1 aromatic rings. The highest BCUT2D eigenvalue weighted by atomic mass is 79.9. The van der Waals surface area contributed by atoms with Crippen molar-refractivity contribution in [2.24, 2.45) is 5.92 Å². The maximum Gasteiger partial charge on any atom is 0.251 e. The van der Waals surface area contributed by atoms with Crippen molar-refractivity contribution >= 4 is 21.8 Å². The van der Waals surface area contributed by atoms with Crippen LogP contribution in [0.1, 0.15) is 24.2 Å². The molecule has 0 saturated carbocycles. The predicted octanol–water partition coefficient (Wildman–Crippen LogP) is 2.45. The zero-order chi connectivity index (χ0) is 16.1. The first kappa shape index (κ1) is 17.4. The Morgan fingerprint density at radius 3 is 2.55 bits per heavy atom. The zero-order valence-electron chi connectivity index (χ0n) is 13.7. The molecule has 1 aromatic carbocycles. The first-order valence-corrected chi connectivity index (χ1v) is 8.73. The Balaban J connectivity index is 1.93. The molecule has 5 heteroatoms. The smallest absolute Gasteiger partial charge is 0.251 e. The van der Waals surface area contributed by atoms with Crippen molar-refractivity contribution in [3.05, 3.63) is 34.3 Å². The average molecular weight is 368 g/mol. The topological polar surface area (TPSA) is 35.6 Å². The predicted molar refractivity (Wildman–Crippen MR) is 94.2 cm³/mol. The summed E-state index contributed by atoms with van der Waals surface area (Å²) in [5.41, 5.74) is 0.704. The third kappa shape index (κ3) is 4.80. The molecule has 1 aliphatic rings. The molecule has 0 bridgehead atoms. The van der Waals surface area contributed by atoms with Gasteiger partial charge < -0.3 is 10.2 Å². The Hall–Kier alpha value is -0.910. The number of hydrogen-bond donors (Lipinski definition) is 1. The van der Waals surface area contributed by atoms with Crippen LogP contribution in [0.3, 0.4) is 0 Å². The van der Waals surface area contributed by atoms with Crippen LogP contribution in [0.25, 0.3) is 0 Å². The molecular weight excluding hydrogens is 342 g/mol. The second kappa shape index (κ2) is 8.09. The molecule has 1 aliphatic heterocycles. The summed E-state index contributed by atoms with van der Waals surface area (Å²) in [5, 5.41) is 3.10. The monoisotopic (exact) mass is 367 g/mol. The molecule has 1 amide bonds. The molecular formula is C17H26BrN3O. The first-order chi connectivity index (χ1) is 10.5. The van der Waals surface area contributed by atoms with Crippen molar-refractivity contribution in [3.8, 4) is 0 Å². The van der Waals surface area contributed by atoms with Gasteiger partial charge in [-0.1, -0.05) is 35.8 Å². The molecule has 1 atom stereocenters. The maximum atomic E-state index is 12.3. The second-order valence-electron chi connectivity index (χ2n) is 6.37. The van der Waals surface area contributed by atoms with Crippen LogP contribution in [0.15, 0.2) is 28.7 Å². The Bertz CT molecular complexity index is 498. The van der Waals surface area contributed by atoms with Gasteiger partial charge in [0.2, 0.25) is 0 Å². The Kier molecular flexibility index (Phi) is 6.41. The van der Waals surface area contributed by atoms with E-state index in [1.807, 2.05) is 24.3 Å². The van der Waals surface area contributed by atoms with Crippen molar-refractivity contribution in [1.29, 1.82) is 0 Å². The van der Waals surface area contributed by atoms with Crippen molar-refractivity contribution in [2.75, 3.05) is 39.8 Å². The zero-order valence-corrected chi connectivity index (χ0v) is 15.3. The lowest BCUT2D eigenvalue weighted by Crippen LogP contribution is -2.54. The van der Waals surface area contributed by atoms with Gasteiger partial charge in [-0.15, -0.1) is 0 Å². The minimum Gasteiger partial charge on any atom is -0.350 e. The molecule has 2 rings (SSSR count). The van der Waals surface area contributed by atoms with Gasteiger partial charge in [-0.2, -0.15) is 0 Å². The van der Waals surface area contributed by atoms with Crippen LogP contribution in [-0.2, 0) is 0 Å². The van der Waals surface area contributed by atoms with E-state index in [9.17, 15) is 4.79 Å². The molecule has 0 radical (unpaired) electrons. The minimum atomic E-state index is 0.000998. The Morgan fingerprint density at radius 1 is 1.27 bits per heavy atom. The van der Waals surface area contributed by atoms with Gasteiger partial charge in [0.15, 0.2) is 0 Å². The normalized spacial score (nSPS) is 18.4. The minimum absolute atomic E-state index is 0.000998. The number of piperazine rings is 1. The number of carbonyl (C=O) groups is 1. The van der Waals surface area contributed by atoms with Gasteiger partial charge in [0, 0.05) is 48.8 Å². The van der Waals surface area contributed by atoms with Gasteiger partial charge in [-0.05, 0) is 31.2 Å². The summed E-state index contributed by atoms with van der Waals surface area (Å²) in [4.78, 5) is 17.2. The van der Waals surface area contributed by atoms with Gasteiger partial charge in [0.05, 0.1) is 0 Å². The molecule has 0 aromatic heterocycles. The summed E-state index contributed by atoms with van der Waals surface area (Å²) >= 11 is 3.41. The number of nitrogens with zero attached hydrogens (tertiary/aromatic N) is 2. The lowest BCUT2D eigenvalue weighted by atomic mass is 10.0. The van der Waals surface area contributed by atoms with Crippen LogP contribution < -0.4 is 5.32 Å². The average Bonchev–Trinajstić information content (AvgIpc) is 2.48. The van der Waals surface area contributed by atoms with E-state index < -0.39 is 0 Å². The Morgan fingerprint density at radius 2 is 1.95 bits per heavy atom. The Labute approximate surface area is 142 Å². The van der Waals surface area contributed by atoms with Gasteiger partial charge in [-0.25, -0.2) is 0 Å². The number of rotatable bonds is 5. The summed E-state index contributed by atoms with van der Waals surface area (Å²) in [5.74, 6) is 0.521. The standard InChI is InChI=1S/C17H26BrN3O/c1-13(2)16(21-9-7-20(3)8-10-21)12-19-17(22)14-5-4-6-15(18)11-14/h4-6,11,13,16H,7-10,12H2,1-3H3,(H,19,22). The number of likely N-dealkylation sites (N-methyl/N-ethyl adjacent to an activating group) is 1. The molecule has 1 unspecified atom stereocenters. The van der Waals surface area contributed by atoms with Crippen molar-refractivity contribution in [1.82, 2.24) is 15.1 Å². The van der Waals surface area contributed by atoms with E-state index in [1.54, 1.807) is 0 Å². The van der Waals surface area contributed by atoms with Crippen LogP contribution in [0.5, 0.6) is 0 Å². The third-order valence-electron chi connectivity index (χ3n) is 4.33.